The van der Waals surface area contributed by atoms with Gasteiger partial charge in [-0.1, -0.05) is 6.42 Å². The third kappa shape index (κ3) is 6.78. The Bertz CT molecular complexity index is 343. The maximum Gasteiger partial charge on any atom is 0.407 e. The van der Waals surface area contributed by atoms with Crippen molar-refractivity contribution in [1.29, 1.82) is 0 Å². The molecule has 0 spiro atoms. The first-order valence-corrected chi connectivity index (χ1v) is 9.82. The summed E-state index contributed by atoms with van der Waals surface area (Å²) < 4.78 is 5.33. The van der Waals surface area contributed by atoms with E-state index < -0.39 is 5.60 Å². The van der Waals surface area contributed by atoms with Crippen LogP contribution in [0, 0.1) is 0 Å². The molecule has 1 saturated carbocycles. The fourth-order valence-electron chi connectivity index (χ4n) is 3.18. The lowest BCUT2D eigenvalue weighted by Crippen LogP contribution is -2.45. The summed E-state index contributed by atoms with van der Waals surface area (Å²) in [6, 6.07) is 0.899. The molecule has 2 N–H and O–H groups in total. The first-order chi connectivity index (χ1) is 10.4. The SMILES string of the molecule is CC(C)(C)OC(=O)NC1CCC(NCC2CCCCS2)CC1. The number of hydrogen-bond donors (Lipinski definition) is 2. The van der Waals surface area contributed by atoms with E-state index in [1.165, 1.54) is 25.0 Å². The summed E-state index contributed by atoms with van der Waals surface area (Å²) in [6.07, 6.45) is 8.28. The molecule has 0 bridgehead atoms. The Morgan fingerprint density at radius 2 is 1.77 bits per heavy atom. The second-order valence-corrected chi connectivity index (χ2v) is 9.00. The fraction of sp³-hybridized carbons (Fsp3) is 0.941. The molecule has 0 radical (unpaired) electrons. The Balaban J connectivity index is 1.60. The third-order valence-electron chi connectivity index (χ3n) is 4.36. The van der Waals surface area contributed by atoms with E-state index in [0.717, 1.165) is 37.5 Å². The van der Waals surface area contributed by atoms with Gasteiger partial charge in [0.15, 0.2) is 0 Å². The quantitative estimate of drug-likeness (QED) is 0.826. The Kier molecular flexibility index (Phi) is 6.87. The Labute approximate surface area is 139 Å². The summed E-state index contributed by atoms with van der Waals surface area (Å²) in [4.78, 5) is 11.8. The van der Waals surface area contributed by atoms with E-state index in [1.807, 2.05) is 20.8 Å². The van der Waals surface area contributed by atoms with Crippen LogP contribution in [-0.2, 0) is 4.74 Å². The van der Waals surface area contributed by atoms with Gasteiger partial charge in [-0.2, -0.15) is 11.8 Å². The molecular weight excluding hydrogens is 296 g/mol. The zero-order chi connectivity index (χ0) is 16.0. The Morgan fingerprint density at radius 1 is 1.09 bits per heavy atom. The molecule has 1 saturated heterocycles. The van der Waals surface area contributed by atoms with Crippen LogP contribution < -0.4 is 10.6 Å². The molecule has 1 atom stereocenters. The van der Waals surface area contributed by atoms with Gasteiger partial charge in [0.25, 0.3) is 0 Å². The van der Waals surface area contributed by atoms with Crippen molar-refractivity contribution in [2.75, 3.05) is 12.3 Å². The van der Waals surface area contributed by atoms with Gasteiger partial charge in [0.05, 0.1) is 0 Å². The molecule has 1 amide bonds. The molecule has 1 heterocycles. The highest BCUT2D eigenvalue weighted by Crippen LogP contribution is 2.25. The van der Waals surface area contributed by atoms with Crippen LogP contribution in [-0.4, -0.2) is 41.3 Å². The normalized spacial score (nSPS) is 29.9. The zero-order valence-corrected chi connectivity index (χ0v) is 15.1. The topological polar surface area (TPSA) is 50.4 Å². The lowest BCUT2D eigenvalue weighted by molar-refractivity contribution is 0.0490. The molecule has 1 unspecified atom stereocenters. The van der Waals surface area contributed by atoms with Crippen LogP contribution in [0.5, 0.6) is 0 Å². The Morgan fingerprint density at radius 3 is 2.36 bits per heavy atom. The maximum atomic E-state index is 11.8. The number of carbonyl (C=O) groups excluding carboxylic acids is 1. The number of thioether (sulfide) groups is 1. The van der Waals surface area contributed by atoms with Crippen LogP contribution in [0.15, 0.2) is 0 Å². The molecule has 0 aromatic carbocycles. The van der Waals surface area contributed by atoms with E-state index in [1.54, 1.807) is 0 Å². The van der Waals surface area contributed by atoms with Gasteiger partial charge >= 0.3 is 6.09 Å². The second kappa shape index (κ2) is 8.44. The average Bonchev–Trinajstić information content (AvgIpc) is 2.45. The molecule has 2 aliphatic rings. The molecule has 0 aromatic rings. The van der Waals surface area contributed by atoms with Crippen LogP contribution in [0.25, 0.3) is 0 Å². The molecule has 22 heavy (non-hydrogen) atoms. The van der Waals surface area contributed by atoms with Crippen LogP contribution in [0.4, 0.5) is 4.79 Å². The highest BCUT2D eigenvalue weighted by Gasteiger charge is 2.25. The molecular formula is C17H32N2O2S. The molecule has 4 nitrogen and oxygen atoms in total. The number of carbonyl (C=O) groups is 1. The van der Waals surface area contributed by atoms with E-state index >= 15 is 0 Å². The summed E-state index contributed by atoms with van der Waals surface area (Å²) in [5.41, 5.74) is -0.416. The van der Waals surface area contributed by atoms with Crippen molar-refractivity contribution >= 4 is 17.9 Å². The minimum atomic E-state index is -0.416. The molecule has 1 aliphatic carbocycles. The predicted molar refractivity (Wildman–Crippen MR) is 93.5 cm³/mol. The van der Waals surface area contributed by atoms with Crippen molar-refractivity contribution in [3.8, 4) is 0 Å². The molecule has 5 heteroatoms. The van der Waals surface area contributed by atoms with Gasteiger partial charge in [0, 0.05) is 23.9 Å². The predicted octanol–water partition coefficient (Wildman–Crippen LogP) is 3.70. The van der Waals surface area contributed by atoms with Gasteiger partial charge in [0.1, 0.15) is 5.60 Å². The second-order valence-electron chi connectivity index (χ2n) is 7.59. The van der Waals surface area contributed by atoms with Crippen LogP contribution in [0.1, 0.15) is 65.7 Å². The van der Waals surface area contributed by atoms with E-state index in [2.05, 4.69) is 22.4 Å². The summed E-state index contributed by atoms with van der Waals surface area (Å²) in [5, 5.41) is 7.56. The fourth-order valence-corrected chi connectivity index (χ4v) is 4.43. The summed E-state index contributed by atoms with van der Waals surface area (Å²) in [7, 11) is 0. The van der Waals surface area contributed by atoms with Crippen molar-refractivity contribution in [3.63, 3.8) is 0 Å². The maximum absolute atomic E-state index is 11.8. The van der Waals surface area contributed by atoms with Crippen molar-refractivity contribution < 1.29 is 9.53 Å². The number of nitrogens with one attached hydrogen (secondary N) is 2. The van der Waals surface area contributed by atoms with Gasteiger partial charge in [-0.25, -0.2) is 4.79 Å². The summed E-state index contributed by atoms with van der Waals surface area (Å²) in [5.74, 6) is 1.33. The number of amides is 1. The summed E-state index contributed by atoms with van der Waals surface area (Å²) in [6.45, 7) is 6.85. The minimum Gasteiger partial charge on any atom is -0.444 e. The van der Waals surface area contributed by atoms with E-state index in [0.29, 0.717) is 6.04 Å². The van der Waals surface area contributed by atoms with Crippen molar-refractivity contribution in [1.82, 2.24) is 10.6 Å². The monoisotopic (exact) mass is 328 g/mol. The van der Waals surface area contributed by atoms with Crippen molar-refractivity contribution in [3.05, 3.63) is 0 Å². The van der Waals surface area contributed by atoms with Gasteiger partial charge in [0.2, 0.25) is 0 Å². The number of rotatable bonds is 4. The van der Waals surface area contributed by atoms with Crippen LogP contribution in [0.2, 0.25) is 0 Å². The molecule has 0 aromatic heterocycles. The highest BCUT2D eigenvalue weighted by atomic mass is 32.2. The summed E-state index contributed by atoms with van der Waals surface area (Å²) >= 11 is 2.13. The molecule has 128 valence electrons. The lowest BCUT2D eigenvalue weighted by Gasteiger charge is -2.32. The highest BCUT2D eigenvalue weighted by molar-refractivity contribution is 7.99. The molecule has 1 aliphatic heterocycles. The van der Waals surface area contributed by atoms with Gasteiger partial charge in [-0.15, -0.1) is 0 Å². The zero-order valence-electron chi connectivity index (χ0n) is 14.3. The van der Waals surface area contributed by atoms with Gasteiger partial charge in [-0.05, 0) is 65.0 Å². The van der Waals surface area contributed by atoms with Gasteiger partial charge in [-0.3, -0.25) is 0 Å². The average molecular weight is 329 g/mol. The van der Waals surface area contributed by atoms with Crippen molar-refractivity contribution in [2.45, 2.75) is 88.7 Å². The Hall–Kier alpha value is -0.420. The molecule has 2 rings (SSSR count). The van der Waals surface area contributed by atoms with E-state index in [9.17, 15) is 4.79 Å². The number of ether oxygens (including phenoxy) is 1. The third-order valence-corrected chi connectivity index (χ3v) is 5.75. The van der Waals surface area contributed by atoms with Gasteiger partial charge < -0.3 is 15.4 Å². The first-order valence-electron chi connectivity index (χ1n) is 8.77. The molecule has 2 fully saturated rings. The first kappa shape index (κ1) is 17.9. The largest absolute Gasteiger partial charge is 0.444 e. The smallest absolute Gasteiger partial charge is 0.407 e. The minimum absolute atomic E-state index is 0.275. The number of alkyl carbamates (subject to hydrolysis) is 1. The van der Waals surface area contributed by atoms with Crippen LogP contribution >= 0.6 is 11.8 Å². The standard InChI is InChI=1S/C17H32N2O2S/c1-17(2,3)21-16(20)19-14-9-7-13(8-10-14)18-12-15-6-4-5-11-22-15/h13-15,18H,4-12H2,1-3H3,(H,19,20). The van der Waals surface area contributed by atoms with Crippen molar-refractivity contribution in [2.24, 2.45) is 0 Å². The lowest BCUT2D eigenvalue weighted by atomic mass is 9.91. The van der Waals surface area contributed by atoms with Crippen LogP contribution in [0.3, 0.4) is 0 Å². The number of hydrogen-bond acceptors (Lipinski definition) is 4. The van der Waals surface area contributed by atoms with E-state index in [4.69, 9.17) is 4.74 Å². The van der Waals surface area contributed by atoms with E-state index in [-0.39, 0.29) is 12.1 Å².